The Hall–Kier alpha value is -0.900. The molecule has 0 N–H and O–H groups in total. The van der Waals surface area contributed by atoms with Crippen LogP contribution in [0.25, 0.3) is 0 Å². The molecule has 3 unspecified atom stereocenters. The van der Waals surface area contributed by atoms with Gasteiger partial charge < -0.3 is 9.47 Å². The van der Waals surface area contributed by atoms with Gasteiger partial charge in [-0.05, 0) is 36.8 Å². The van der Waals surface area contributed by atoms with Crippen molar-refractivity contribution >= 4 is 0 Å². The van der Waals surface area contributed by atoms with Crippen molar-refractivity contribution in [3.8, 4) is 0 Å². The highest BCUT2D eigenvalue weighted by Gasteiger charge is 2.57. The van der Waals surface area contributed by atoms with E-state index in [0.717, 1.165) is 26.1 Å². The highest BCUT2D eigenvalue weighted by Crippen LogP contribution is 2.53. The molecule has 3 heteroatoms. The number of rotatable bonds is 0. The van der Waals surface area contributed by atoms with Crippen molar-refractivity contribution in [2.24, 2.45) is 5.92 Å². The van der Waals surface area contributed by atoms with Crippen LogP contribution in [0, 0.1) is 5.92 Å². The second-order valence-electron chi connectivity index (χ2n) is 7.37. The number of hydrogen-bond acceptors (Lipinski definition) is 3. The van der Waals surface area contributed by atoms with Crippen molar-refractivity contribution in [1.29, 1.82) is 0 Å². The number of piperidine rings is 1. The predicted octanol–water partition coefficient (Wildman–Crippen LogP) is 3.29. The van der Waals surface area contributed by atoms with Crippen LogP contribution < -0.4 is 0 Å². The van der Waals surface area contributed by atoms with E-state index in [9.17, 15) is 0 Å². The minimum absolute atomic E-state index is 0.301. The molecule has 3 nitrogen and oxygen atoms in total. The van der Waals surface area contributed by atoms with Crippen LogP contribution in [-0.4, -0.2) is 36.5 Å². The minimum Gasteiger partial charge on any atom is -0.349 e. The van der Waals surface area contributed by atoms with E-state index < -0.39 is 0 Å². The van der Waals surface area contributed by atoms with E-state index in [1.165, 1.54) is 43.4 Å². The first kappa shape index (κ1) is 13.5. The first-order valence-electron chi connectivity index (χ1n) is 8.99. The summed E-state index contributed by atoms with van der Waals surface area (Å²) in [6, 6.07) is 10.2. The zero-order chi connectivity index (χ0) is 14.6. The third kappa shape index (κ3) is 1.85. The summed E-state index contributed by atoms with van der Waals surface area (Å²) in [6.45, 7) is 2.95. The number of hydrogen-bond donors (Lipinski definition) is 0. The fraction of sp³-hybridized carbons (Fsp3) is 0.684. The molecular formula is C19H25NO2. The quantitative estimate of drug-likeness (QED) is 0.734. The van der Waals surface area contributed by atoms with Gasteiger partial charge in [-0.15, -0.1) is 0 Å². The Morgan fingerprint density at radius 1 is 1.05 bits per heavy atom. The molecule has 5 rings (SSSR count). The Labute approximate surface area is 132 Å². The summed E-state index contributed by atoms with van der Waals surface area (Å²) in [7, 11) is 0. The van der Waals surface area contributed by atoms with Crippen LogP contribution in [0.3, 0.4) is 0 Å². The van der Waals surface area contributed by atoms with Crippen molar-refractivity contribution in [2.75, 3.05) is 19.8 Å². The highest BCUT2D eigenvalue weighted by atomic mass is 16.7. The molecule has 3 aliphatic heterocycles. The lowest BCUT2D eigenvalue weighted by Crippen LogP contribution is -2.61. The van der Waals surface area contributed by atoms with E-state index in [4.69, 9.17) is 9.47 Å². The number of ether oxygens (including phenoxy) is 2. The zero-order valence-electron chi connectivity index (χ0n) is 13.2. The van der Waals surface area contributed by atoms with Gasteiger partial charge in [0, 0.05) is 31.0 Å². The highest BCUT2D eigenvalue weighted by molar-refractivity contribution is 5.34. The van der Waals surface area contributed by atoms with E-state index in [1.54, 1.807) is 0 Å². The lowest BCUT2D eigenvalue weighted by molar-refractivity contribution is -0.323. The van der Waals surface area contributed by atoms with E-state index in [0.29, 0.717) is 18.0 Å². The van der Waals surface area contributed by atoms with Crippen molar-refractivity contribution in [2.45, 2.75) is 56.4 Å². The Kier molecular flexibility index (Phi) is 3.11. The maximum absolute atomic E-state index is 6.34. The van der Waals surface area contributed by atoms with Crippen LogP contribution in [0.1, 0.15) is 49.3 Å². The average Bonchev–Trinajstić information content (AvgIpc) is 3.07. The molecule has 1 aromatic rings. The summed E-state index contributed by atoms with van der Waals surface area (Å²) >= 11 is 0. The maximum Gasteiger partial charge on any atom is 0.174 e. The van der Waals surface area contributed by atoms with Crippen LogP contribution in [0.4, 0.5) is 0 Å². The van der Waals surface area contributed by atoms with Gasteiger partial charge in [-0.1, -0.05) is 30.7 Å². The summed E-state index contributed by atoms with van der Waals surface area (Å²) in [6.07, 6.45) is 7.18. The predicted molar refractivity (Wildman–Crippen MR) is 84.6 cm³/mol. The molecule has 1 spiro atoms. The molecule has 0 amide bonds. The van der Waals surface area contributed by atoms with Crippen LogP contribution in [0.5, 0.6) is 0 Å². The fourth-order valence-electron chi connectivity index (χ4n) is 5.49. The van der Waals surface area contributed by atoms with E-state index in [-0.39, 0.29) is 5.79 Å². The van der Waals surface area contributed by atoms with Crippen LogP contribution in [0.15, 0.2) is 24.3 Å². The number of benzene rings is 1. The third-order valence-corrected chi connectivity index (χ3v) is 6.38. The summed E-state index contributed by atoms with van der Waals surface area (Å²) in [5.41, 5.74) is 3.06. The molecule has 0 bridgehead atoms. The van der Waals surface area contributed by atoms with Gasteiger partial charge in [0.05, 0.1) is 13.2 Å². The summed E-state index contributed by atoms with van der Waals surface area (Å²) in [5, 5.41) is 0. The Balaban J connectivity index is 1.57. The molecule has 4 aliphatic rings. The Morgan fingerprint density at radius 2 is 1.91 bits per heavy atom. The van der Waals surface area contributed by atoms with Crippen molar-refractivity contribution in [3.05, 3.63) is 35.4 Å². The van der Waals surface area contributed by atoms with Crippen molar-refractivity contribution in [1.82, 2.24) is 4.90 Å². The lowest BCUT2D eigenvalue weighted by Gasteiger charge is -2.56. The zero-order valence-corrected chi connectivity index (χ0v) is 13.2. The second kappa shape index (κ2) is 5.05. The van der Waals surface area contributed by atoms with Crippen LogP contribution in [0.2, 0.25) is 0 Å². The molecule has 1 aromatic carbocycles. The van der Waals surface area contributed by atoms with E-state index in [1.807, 2.05) is 0 Å². The first-order chi connectivity index (χ1) is 10.9. The maximum atomic E-state index is 6.34. The normalized spacial score (nSPS) is 36.6. The number of nitrogens with zero attached hydrogens (tertiary/aromatic N) is 1. The standard InChI is InChI=1S/C19H25NO2/c1-2-6-15-14(5-1)9-10-20-17-8-3-7-16(17)19(13-18(15)20)21-11-4-12-22-19/h1-2,5-6,16-18H,3-4,7-13H2. The molecule has 3 heterocycles. The third-order valence-electron chi connectivity index (χ3n) is 6.38. The topological polar surface area (TPSA) is 21.7 Å². The van der Waals surface area contributed by atoms with Gasteiger partial charge in [0.25, 0.3) is 0 Å². The molecule has 0 radical (unpaired) electrons. The average molecular weight is 299 g/mol. The molecule has 2 saturated heterocycles. The molecule has 1 saturated carbocycles. The summed E-state index contributed by atoms with van der Waals surface area (Å²) in [4.78, 5) is 2.78. The SMILES string of the molecule is c1ccc2c(c1)CCN1C2CC2(OCCCO2)C2CCCC21. The van der Waals surface area contributed by atoms with Gasteiger partial charge in [-0.25, -0.2) is 0 Å². The molecule has 118 valence electrons. The van der Waals surface area contributed by atoms with Crippen molar-refractivity contribution < 1.29 is 9.47 Å². The Morgan fingerprint density at radius 3 is 2.82 bits per heavy atom. The monoisotopic (exact) mass is 299 g/mol. The molecule has 1 aliphatic carbocycles. The van der Waals surface area contributed by atoms with Crippen LogP contribution in [-0.2, 0) is 15.9 Å². The van der Waals surface area contributed by atoms with E-state index >= 15 is 0 Å². The summed E-state index contributed by atoms with van der Waals surface area (Å²) < 4.78 is 12.7. The molecular weight excluding hydrogens is 274 g/mol. The molecule has 22 heavy (non-hydrogen) atoms. The Bertz CT molecular complexity index is 566. The minimum atomic E-state index is -0.301. The number of fused-ring (bicyclic) bond motifs is 6. The second-order valence-corrected chi connectivity index (χ2v) is 7.37. The first-order valence-corrected chi connectivity index (χ1v) is 8.99. The molecule has 3 atom stereocenters. The fourth-order valence-corrected chi connectivity index (χ4v) is 5.49. The van der Waals surface area contributed by atoms with Crippen LogP contribution >= 0.6 is 0 Å². The van der Waals surface area contributed by atoms with Gasteiger partial charge in [0.15, 0.2) is 5.79 Å². The summed E-state index contributed by atoms with van der Waals surface area (Å²) in [5.74, 6) is 0.278. The lowest BCUT2D eigenvalue weighted by atomic mass is 9.76. The van der Waals surface area contributed by atoms with Crippen molar-refractivity contribution in [3.63, 3.8) is 0 Å². The van der Waals surface area contributed by atoms with Gasteiger partial charge in [-0.2, -0.15) is 0 Å². The van der Waals surface area contributed by atoms with Gasteiger partial charge in [0.2, 0.25) is 0 Å². The molecule has 3 fully saturated rings. The largest absolute Gasteiger partial charge is 0.349 e. The van der Waals surface area contributed by atoms with Gasteiger partial charge in [0.1, 0.15) is 0 Å². The van der Waals surface area contributed by atoms with Gasteiger partial charge in [-0.3, -0.25) is 4.90 Å². The smallest absolute Gasteiger partial charge is 0.174 e. The van der Waals surface area contributed by atoms with E-state index in [2.05, 4.69) is 29.2 Å². The van der Waals surface area contributed by atoms with Gasteiger partial charge >= 0.3 is 0 Å². The molecule has 0 aromatic heterocycles.